The monoisotopic (exact) mass is 367 g/mol. The molecule has 2 rings (SSSR count). The summed E-state index contributed by atoms with van der Waals surface area (Å²) >= 11 is 8.72. The van der Waals surface area contributed by atoms with Crippen molar-refractivity contribution in [2.45, 2.75) is 32.9 Å². The summed E-state index contributed by atoms with van der Waals surface area (Å²) in [5.41, 5.74) is 1.27. The van der Waals surface area contributed by atoms with Gasteiger partial charge in [0.05, 0.1) is 4.47 Å². The molecule has 0 aliphatic heterocycles. The zero-order valence-electron chi connectivity index (χ0n) is 12.1. The molecule has 0 radical (unpaired) electrons. The lowest BCUT2D eigenvalue weighted by molar-refractivity contribution is 0.288. The minimum atomic E-state index is 0.348. The van der Waals surface area contributed by atoms with Crippen LogP contribution in [0.4, 0.5) is 0 Å². The Hall–Kier alpha value is -1.40. The molecular weight excluding hydrogens is 350 g/mol. The third-order valence-electron chi connectivity index (χ3n) is 3.13. The molecule has 2 aromatic rings. The van der Waals surface area contributed by atoms with Crippen LogP contribution in [0.2, 0.25) is 0 Å². The summed E-state index contributed by atoms with van der Waals surface area (Å²) in [6, 6.07) is 6.13. The molecule has 0 saturated carbocycles. The van der Waals surface area contributed by atoms with Crippen LogP contribution < -0.4 is 4.74 Å². The van der Waals surface area contributed by atoms with Crippen LogP contribution >= 0.6 is 28.1 Å². The Morgan fingerprint density at radius 3 is 2.90 bits per heavy atom. The van der Waals surface area contributed by atoms with E-state index in [1.165, 1.54) is 5.56 Å². The average Bonchev–Trinajstić information content (AvgIpc) is 2.79. The lowest BCUT2D eigenvalue weighted by Gasteiger charge is -2.11. The van der Waals surface area contributed by atoms with E-state index in [-0.39, 0.29) is 0 Å². The van der Waals surface area contributed by atoms with E-state index in [1.54, 1.807) is 6.08 Å². The van der Waals surface area contributed by atoms with E-state index in [0.29, 0.717) is 23.8 Å². The highest BCUT2D eigenvalue weighted by molar-refractivity contribution is 9.10. The minimum Gasteiger partial charge on any atom is -0.484 e. The Morgan fingerprint density at radius 2 is 2.29 bits per heavy atom. The fourth-order valence-electron chi connectivity index (χ4n) is 1.91. The van der Waals surface area contributed by atoms with E-state index in [2.05, 4.69) is 58.7 Å². The third kappa shape index (κ3) is 3.83. The molecule has 112 valence electrons. The van der Waals surface area contributed by atoms with Crippen LogP contribution in [0.15, 0.2) is 35.3 Å². The van der Waals surface area contributed by atoms with E-state index in [1.807, 2.05) is 10.6 Å². The molecule has 0 bridgehead atoms. The van der Waals surface area contributed by atoms with Crippen LogP contribution in [-0.4, -0.2) is 14.8 Å². The Bertz CT molecular complexity index is 690. The second-order valence-electron chi connectivity index (χ2n) is 4.98. The number of halogens is 1. The first-order valence-corrected chi connectivity index (χ1v) is 7.90. The van der Waals surface area contributed by atoms with Gasteiger partial charge in [0.25, 0.3) is 0 Å². The third-order valence-corrected chi connectivity index (χ3v) is 4.06. The van der Waals surface area contributed by atoms with Gasteiger partial charge in [-0.05, 0) is 51.8 Å². The summed E-state index contributed by atoms with van der Waals surface area (Å²) in [5, 5.41) is 6.96. The molecule has 6 heteroatoms. The molecule has 0 fully saturated rings. The topological polar surface area (TPSA) is 42.8 Å². The van der Waals surface area contributed by atoms with Gasteiger partial charge in [-0.1, -0.05) is 26.0 Å². The highest BCUT2D eigenvalue weighted by Gasteiger charge is 2.09. The van der Waals surface area contributed by atoms with Crippen LogP contribution in [0, 0.1) is 4.77 Å². The largest absolute Gasteiger partial charge is 0.484 e. The number of nitrogens with one attached hydrogen (secondary N) is 1. The van der Waals surface area contributed by atoms with Gasteiger partial charge in [-0.25, -0.2) is 0 Å². The van der Waals surface area contributed by atoms with Crippen LogP contribution in [0.5, 0.6) is 5.75 Å². The van der Waals surface area contributed by atoms with Gasteiger partial charge >= 0.3 is 0 Å². The zero-order valence-corrected chi connectivity index (χ0v) is 14.5. The van der Waals surface area contributed by atoms with Gasteiger partial charge in [0, 0.05) is 6.54 Å². The van der Waals surface area contributed by atoms with Crippen molar-refractivity contribution in [2.75, 3.05) is 0 Å². The van der Waals surface area contributed by atoms with Crippen molar-refractivity contribution in [3.8, 4) is 5.75 Å². The number of H-pyrrole nitrogens is 1. The molecule has 1 aromatic carbocycles. The number of aromatic nitrogens is 3. The van der Waals surface area contributed by atoms with Gasteiger partial charge in [-0.3, -0.25) is 9.67 Å². The van der Waals surface area contributed by atoms with E-state index >= 15 is 0 Å². The van der Waals surface area contributed by atoms with Crippen LogP contribution in [0.25, 0.3) is 0 Å². The summed E-state index contributed by atoms with van der Waals surface area (Å²) in [4.78, 5) is 0. The maximum absolute atomic E-state index is 5.83. The van der Waals surface area contributed by atoms with Gasteiger partial charge in [0.15, 0.2) is 10.6 Å². The second-order valence-corrected chi connectivity index (χ2v) is 6.22. The van der Waals surface area contributed by atoms with Gasteiger partial charge in [-0.15, -0.1) is 6.58 Å². The second kappa shape index (κ2) is 7.04. The van der Waals surface area contributed by atoms with E-state index in [4.69, 9.17) is 17.0 Å². The summed E-state index contributed by atoms with van der Waals surface area (Å²) in [6.07, 6.45) is 1.78. The molecule has 1 heterocycles. The van der Waals surface area contributed by atoms with E-state index in [0.717, 1.165) is 16.0 Å². The Balaban J connectivity index is 2.13. The molecule has 1 aromatic heterocycles. The maximum atomic E-state index is 5.83. The van der Waals surface area contributed by atoms with Gasteiger partial charge in [-0.2, -0.15) is 5.10 Å². The minimum absolute atomic E-state index is 0.348. The first kappa shape index (κ1) is 16.0. The predicted octanol–water partition coefficient (Wildman–Crippen LogP) is 4.59. The molecule has 0 unspecified atom stereocenters. The number of hydrogen-bond acceptors (Lipinski definition) is 3. The van der Waals surface area contributed by atoms with Gasteiger partial charge < -0.3 is 4.74 Å². The quantitative estimate of drug-likeness (QED) is 0.599. The molecular formula is C15H18BrN3OS. The maximum Gasteiger partial charge on any atom is 0.195 e. The van der Waals surface area contributed by atoms with E-state index < -0.39 is 0 Å². The van der Waals surface area contributed by atoms with Crippen molar-refractivity contribution in [2.24, 2.45) is 0 Å². The highest BCUT2D eigenvalue weighted by Crippen LogP contribution is 2.29. The molecule has 0 aliphatic carbocycles. The van der Waals surface area contributed by atoms with Crippen LogP contribution in [0.3, 0.4) is 0 Å². The summed E-state index contributed by atoms with van der Waals surface area (Å²) in [5.74, 6) is 2.03. The lowest BCUT2D eigenvalue weighted by atomic mass is 10.0. The standard InChI is InChI=1S/C15H18BrN3OS/c1-4-7-19-14(17-18-15(19)21)9-20-13-6-5-11(10(2)3)8-12(13)16/h4-6,8,10H,1,7,9H2,2-3H3,(H,18,21). The predicted molar refractivity (Wildman–Crippen MR) is 90.2 cm³/mol. The number of nitrogens with zero attached hydrogens (tertiary/aromatic N) is 2. The van der Waals surface area contributed by atoms with Crippen molar-refractivity contribution < 1.29 is 4.74 Å². The molecule has 0 spiro atoms. The van der Waals surface area contributed by atoms with Gasteiger partial charge in [0.1, 0.15) is 12.4 Å². The fourth-order valence-corrected chi connectivity index (χ4v) is 2.65. The summed E-state index contributed by atoms with van der Waals surface area (Å²) < 4.78 is 9.20. The molecule has 21 heavy (non-hydrogen) atoms. The number of benzene rings is 1. The van der Waals surface area contributed by atoms with Crippen LogP contribution in [-0.2, 0) is 13.2 Å². The fraction of sp³-hybridized carbons (Fsp3) is 0.333. The Labute approximate surface area is 138 Å². The van der Waals surface area contributed by atoms with Crippen molar-refractivity contribution in [3.05, 3.63) is 51.5 Å². The molecule has 0 atom stereocenters. The molecule has 1 N–H and O–H groups in total. The lowest BCUT2D eigenvalue weighted by Crippen LogP contribution is -2.07. The van der Waals surface area contributed by atoms with Crippen molar-refractivity contribution in [1.29, 1.82) is 0 Å². The SMILES string of the molecule is C=CCn1c(COc2ccc(C(C)C)cc2Br)n[nH]c1=S. The summed E-state index contributed by atoms with van der Waals surface area (Å²) in [7, 11) is 0. The number of allylic oxidation sites excluding steroid dienone is 1. The molecule has 0 saturated heterocycles. The van der Waals surface area contributed by atoms with Gasteiger partial charge in [0.2, 0.25) is 0 Å². The normalized spacial score (nSPS) is 10.9. The first-order valence-electron chi connectivity index (χ1n) is 6.70. The average molecular weight is 368 g/mol. The highest BCUT2D eigenvalue weighted by atomic mass is 79.9. The number of aromatic amines is 1. The van der Waals surface area contributed by atoms with Crippen molar-refractivity contribution >= 4 is 28.1 Å². The number of ether oxygens (including phenoxy) is 1. The van der Waals surface area contributed by atoms with Crippen molar-refractivity contribution in [1.82, 2.24) is 14.8 Å². The molecule has 0 amide bonds. The smallest absolute Gasteiger partial charge is 0.195 e. The molecule has 0 aliphatic rings. The van der Waals surface area contributed by atoms with Crippen molar-refractivity contribution in [3.63, 3.8) is 0 Å². The summed E-state index contributed by atoms with van der Waals surface area (Å²) in [6.45, 7) is 9.00. The van der Waals surface area contributed by atoms with Crippen LogP contribution in [0.1, 0.15) is 31.2 Å². The number of rotatable bonds is 6. The number of hydrogen-bond donors (Lipinski definition) is 1. The van der Waals surface area contributed by atoms with E-state index in [9.17, 15) is 0 Å². The molecule has 4 nitrogen and oxygen atoms in total. The Kier molecular flexibility index (Phi) is 5.36. The Morgan fingerprint density at radius 1 is 1.52 bits per heavy atom. The first-order chi connectivity index (χ1) is 10.0. The zero-order chi connectivity index (χ0) is 15.4.